The molecule has 0 aliphatic carbocycles. The van der Waals surface area contributed by atoms with Crippen molar-refractivity contribution in [3.63, 3.8) is 0 Å². The maximum absolute atomic E-state index is 12.9. The Labute approximate surface area is 167 Å². The lowest BCUT2D eigenvalue weighted by Crippen LogP contribution is -2.52. The van der Waals surface area contributed by atoms with Gasteiger partial charge in [0.2, 0.25) is 0 Å². The predicted molar refractivity (Wildman–Crippen MR) is 111 cm³/mol. The summed E-state index contributed by atoms with van der Waals surface area (Å²) >= 11 is 0. The van der Waals surface area contributed by atoms with Crippen molar-refractivity contribution in [1.29, 1.82) is 0 Å². The van der Waals surface area contributed by atoms with Crippen molar-refractivity contribution >= 4 is 29.9 Å². The Balaban J connectivity index is 0.00000312. The lowest BCUT2D eigenvalue weighted by Gasteiger charge is -2.37. The number of halogens is 2. The number of hydrogen-bond donors (Lipinski definition) is 2. The maximum atomic E-state index is 12.9. The normalized spacial score (nSPS) is 17.1. The number of benzene rings is 1. The quantitative estimate of drug-likeness (QED) is 0.386. The van der Waals surface area contributed by atoms with E-state index >= 15 is 0 Å². The number of guanidine groups is 1. The van der Waals surface area contributed by atoms with E-state index < -0.39 is 0 Å². The predicted octanol–water partition coefficient (Wildman–Crippen LogP) is 2.47. The highest BCUT2D eigenvalue weighted by atomic mass is 127. The van der Waals surface area contributed by atoms with Gasteiger partial charge in [-0.3, -0.25) is 9.89 Å². The molecule has 0 amide bonds. The number of nitrogens with one attached hydrogen (secondary N) is 2. The largest absolute Gasteiger partial charge is 0.379 e. The Morgan fingerprint density at radius 2 is 1.84 bits per heavy atom. The molecule has 1 heterocycles. The van der Waals surface area contributed by atoms with Crippen LogP contribution in [0.5, 0.6) is 0 Å². The molecule has 7 heteroatoms. The third-order valence-electron chi connectivity index (χ3n) is 4.36. The van der Waals surface area contributed by atoms with Crippen LogP contribution in [0.4, 0.5) is 4.39 Å². The van der Waals surface area contributed by atoms with Gasteiger partial charge in [0.05, 0.1) is 13.2 Å². The zero-order valence-electron chi connectivity index (χ0n) is 15.3. The lowest BCUT2D eigenvalue weighted by molar-refractivity contribution is 0.00752. The summed E-state index contributed by atoms with van der Waals surface area (Å²) < 4.78 is 18.4. The Morgan fingerprint density at radius 3 is 2.40 bits per heavy atom. The van der Waals surface area contributed by atoms with Crippen molar-refractivity contribution in [2.24, 2.45) is 10.9 Å². The summed E-state index contributed by atoms with van der Waals surface area (Å²) in [6.07, 6.45) is 0. The molecule has 0 aromatic heterocycles. The molecule has 1 aromatic rings. The summed E-state index contributed by atoms with van der Waals surface area (Å²) in [6.45, 7) is 9.51. The second kappa shape index (κ2) is 11.6. The van der Waals surface area contributed by atoms with Gasteiger partial charge in [0.15, 0.2) is 5.96 Å². The van der Waals surface area contributed by atoms with E-state index in [1.165, 1.54) is 12.1 Å². The number of nitrogens with zero attached hydrogens (tertiary/aromatic N) is 2. The molecule has 2 N–H and O–H groups in total. The fourth-order valence-electron chi connectivity index (χ4n) is 2.91. The zero-order chi connectivity index (χ0) is 17.4. The summed E-state index contributed by atoms with van der Waals surface area (Å²) in [5, 5.41) is 6.69. The van der Waals surface area contributed by atoms with Crippen LogP contribution >= 0.6 is 24.0 Å². The molecule has 0 bridgehead atoms. The minimum absolute atomic E-state index is 0. The minimum atomic E-state index is -0.216. The first kappa shape index (κ1) is 22.1. The summed E-state index contributed by atoms with van der Waals surface area (Å²) in [7, 11) is 1.76. The second-order valence-corrected chi connectivity index (χ2v) is 6.39. The fourth-order valence-corrected chi connectivity index (χ4v) is 2.91. The van der Waals surface area contributed by atoms with Gasteiger partial charge < -0.3 is 15.4 Å². The average Bonchev–Trinajstić information content (AvgIpc) is 2.60. The second-order valence-electron chi connectivity index (χ2n) is 6.39. The monoisotopic (exact) mass is 464 g/mol. The number of ether oxygens (including phenoxy) is 1. The number of morpholine rings is 1. The van der Waals surface area contributed by atoms with Crippen LogP contribution in [0.1, 0.15) is 19.4 Å². The van der Waals surface area contributed by atoms with Crippen LogP contribution in [0.2, 0.25) is 0 Å². The first-order valence-corrected chi connectivity index (χ1v) is 8.61. The highest BCUT2D eigenvalue weighted by molar-refractivity contribution is 14.0. The van der Waals surface area contributed by atoms with Crippen LogP contribution in [0, 0.1) is 11.7 Å². The number of hydrogen-bond acceptors (Lipinski definition) is 3. The third kappa shape index (κ3) is 7.45. The van der Waals surface area contributed by atoms with Crippen LogP contribution < -0.4 is 10.6 Å². The van der Waals surface area contributed by atoms with Crippen molar-refractivity contribution < 1.29 is 9.13 Å². The zero-order valence-corrected chi connectivity index (χ0v) is 17.6. The van der Waals surface area contributed by atoms with E-state index in [-0.39, 0.29) is 29.8 Å². The van der Waals surface area contributed by atoms with E-state index in [4.69, 9.17) is 4.74 Å². The fraction of sp³-hybridized carbons (Fsp3) is 0.611. The molecular formula is C18H30FIN4O. The Morgan fingerprint density at radius 1 is 1.20 bits per heavy atom. The van der Waals surface area contributed by atoms with Crippen molar-refractivity contribution in [2.45, 2.75) is 26.4 Å². The molecule has 5 nitrogen and oxygen atoms in total. The molecule has 1 aliphatic rings. The first-order valence-electron chi connectivity index (χ1n) is 8.61. The van der Waals surface area contributed by atoms with Crippen molar-refractivity contribution in [3.05, 3.63) is 35.6 Å². The molecule has 142 valence electrons. The van der Waals surface area contributed by atoms with E-state index in [2.05, 4.69) is 34.4 Å². The van der Waals surface area contributed by atoms with Crippen molar-refractivity contribution in [1.82, 2.24) is 15.5 Å². The molecule has 0 spiro atoms. The Bertz CT molecular complexity index is 518. The molecule has 1 fully saturated rings. The van der Waals surface area contributed by atoms with Crippen LogP contribution in [-0.4, -0.2) is 56.8 Å². The van der Waals surface area contributed by atoms with Gasteiger partial charge in [-0.05, 0) is 23.6 Å². The molecule has 1 unspecified atom stereocenters. The molecule has 1 saturated heterocycles. The molecule has 0 radical (unpaired) electrons. The number of rotatable bonds is 6. The summed E-state index contributed by atoms with van der Waals surface area (Å²) in [5.74, 6) is 1.09. The Kier molecular flexibility index (Phi) is 10.3. The standard InChI is InChI=1S/C18H29FN4O.HI/c1-14(2)17(23-8-10-24-11-9-23)13-22-18(20-3)21-12-15-4-6-16(19)7-5-15;/h4-7,14,17H,8-13H2,1-3H3,(H2,20,21,22);1H. The SMILES string of the molecule is CN=C(NCc1ccc(F)cc1)NCC(C(C)C)N1CCOCC1.I. The van der Waals surface area contributed by atoms with Gasteiger partial charge in [0.1, 0.15) is 5.82 Å². The highest BCUT2D eigenvalue weighted by Gasteiger charge is 2.23. The van der Waals surface area contributed by atoms with E-state index in [1.54, 1.807) is 19.2 Å². The Hall–Kier alpha value is -0.930. The molecule has 2 rings (SSSR count). The molecule has 1 atom stereocenters. The molecule has 1 aliphatic heterocycles. The van der Waals surface area contributed by atoms with E-state index in [9.17, 15) is 4.39 Å². The summed E-state index contributed by atoms with van der Waals surface area (Å²) in [4.78, 5) is 6.75. The first-order chi connectivity index (χ1) is 11.6. The van der Waals surface area contributed by atoms with Crippen molar-refractivity contribution in [2.75, 3.05) is 39.9 Å². The summed E-state index contributed by atoms with van der Waals surface area (Å²) in [5.41, 5.74) is 1.02. The van der Waals surface area contributed by atoms with Crippen molar-refractivity contribution in [3.8, 4) is 0 Å². The van der Waals surface area contributed by atoms with Gasteiger partial charge in [-0.15, -0.1) is 24.0 Å². The highest BCUT2D eigenvalue weighted by Crippen LogP contribution is 2.12. The van der Waals surface area contributed by atoms with Gasteiger partial charge in [-0.2, -0.15) is 0 Å². The van der Waals surface area contributed by atoms with E-state index in [0.29, 0.717) is 18.5 Å². The minimum Gasteiger partial charge on any atom is -0.379 e. The molecule has 0 saturated carbocycles. The lowest BCUT2D eigenvalue weighted by atomic mass is 10.0. The van der Waals surface area contributed by atoms with Crippen LogP contribution in [-0.2, 0) is 11.3 Å². The van der Waals surface area contributed by atoms with E-state index in [1.807, 2.05) is 0 Å². The van der Waals surface area contributed by atoms with Gasteiger partial charge in [0.25, 0.3) is 0 Å². The summed E-state index contributed by atoms with van der Waals surface area (Å²) in [6, 6.07) is 6.94. The third-order valence-corrected chi connectivity index (χ3v) is 4.36. The maximum Gasteiger partial charge on any atom is 0.191 e. The smallest absolute Gasteiger partial charge is 0.191 e. The van der Waals surface area contributed by atoms with Gasteiger partial charge >= 0.3 is 0 Å². The van der Waals surface area contributed by atoms with E-state index in [0.717, 1.165) is 44.4 Å². The van der Waals surface area contributed by atoms with Crippen LogP contribution in [0.15, 0.2) is 29.3 Å². The average molecular weight is 464 g/mol. The molecule has 25 heavy (non-hydrogen) atoms. The van der Waals surface area contributed by atoms with Crippen LogP contribution in [0.25, 0.3) is 0 Å². The topological polar surface area (TPSA) is 48.9 Å². The van der Waals surface area contributed by atoms with Crippen LogP contribution in [0.3, 0.4) is 0 Å². The number of aliphatic imine (C=N–C) groups is 1. The molecular weight excluding hydrogens is 434 g/mol. The van der Waals surface area contributed by atoms with Gasteiger partial charge in [-0.25, -0.2) is 4.39 Å². The molecule has 1 aromatic carbocycles. The van der Waals surface area contributed by atoms with Gasteiger partial charge in [0, 0.05) is 39.3 Å². The van der Waals surface area contributed by atoms with Gasteiger partial charge in [-0.1, -0.05) is 26.0 Å².